The second-order valence-electron chi connectivity index (χ2n) is 10.7. The second kappa shape index (κ2) is 6.67. The number of fused-ring (bicyclic) bond motifs is 7. The summed E-state index contributed by atoms with van der Waals surface area (Å²) in [5, 5.41) is 6.25. The molecular weight excluding hydrogens is 438 g/mol. The minimum Gasteiger partial charge on any atom is -0.460 e. The maximum Gasteiger partial charge on any atom is 0.222 e. The van der Waals surface area contributed by atoms with Crippen molar-refractivity contribution in [3.8, 4) is 11.3 Å². The zero-order valence-electron chi connectivity index (χ0n) is 20.1. The van der Waals surface area contributed by atoms with Gasteiger partial charge >= 0.3 is 0 Å². The first-order valence-corrected chi connectivity index (χ1v) is 12.6. The van der Waals surface area contributed by atoms with Crippen LogP contribution in [-0.4, -0.2) is 0 Å². The Morgan fingerprint density at radius 3 is 2.53 bits per heavy atom. The number of furan rings is 2. The molecule has 0 aliphatic carbocycles. The number of rotatable bonds is 1. The Kier molecular flexibility index (Phi) is 3.95. The Hall–Kier alpha value is -3.24. The molecule has 7 rings (SSSR count). The molecule has 0 atom stereocenters. The molecule has 0 N–H and O–H groups in total. The van der Waals surface area contributed by atoms with Crippen LogP contribution < -0.4 is 4.57 Å². The van der Waals surface area contributed by atoms with E-state index in [0.717, 1.165) is 28.6 Å². The van der Waals surface area contributed by atoms with Gasteiger partial charge in [0.15, 0.2) is 22.9 Å². The summed E-state index contributed by atoms with van der Waals surface area (Å²) in [5.41, 5.74) is 8.14. The quantitative estimate of drug-likeness (QED) is 0.229. The smallest absolute Gasteiger partial charge is 0.222 e. The first-order chi connectivity index (χ1) is 16.3. The van der Waals surface area contributed by atoms with Gasteiger partial charge in [-0.1, -0.05) is 56.8 Å². The van der Waals surface area contributed by atoms with Crippen molar-refractivity contribution in [1.82, 2.24) is 0 Å². The van der Waals surface area contributed by atoms with Crippen molar-refractivity contribution in [3.05, 3.63) is 66.1 Å². The number of hydrogen-bond acceptors (Lipinski definition) is 3. The van der Waals surface area contributed by atoms with Gasteiger partial charge in [-0.2, -0.15) is 0 Å². The zero-order valence-corrected chi connectivity index (χ0v) is 20.9. The van der Waals surface area contributed by atoms with Crippen molar-refractivity contribution in [2.45, 2.75) is 43.9 Å². The average Bonchev–Trinajstić information content (AvgIpc) is 3.40. The fourth-order valence-corrected chi connectivity index (χ4v) is 7.11. The zero-order chi connectivity index (χ0) is 23.4. The molecule has 3 aromatic carbocycles. The van der Waals surface area contributed by atoms with Gasteiger partial charge in [-0.15, -0.1) is 0 Å². The largest absolute Gasteiger partial charge is 0.460 e. The van der Waals surface area contributed by atoms with Crippen LogP contribution in [0.3, 0.4) is 0 Å². The van der Waals surface area contributed by atoms with Gasteiger partial charge in [0.25, 0.3) is 0 Å². The Bertz CT molecular complexity index is 1810. The van der Waals surface area contributed by atoms with Crippen LogP contribution in [0.25, 0.3) is 54.9 Å². The van der Waals surface area contributed by atoms with Crippen molar-refractivity contribution in [1.29, 1.82) is 0 Å². The number of nitrogens with zero attached hydrogens (tertiary/aromatic N) is 1. The van der Waals surface area contributed by atoms with Crippen LogP contribution in [0.1, 0.15) is 31.9 Å². The van der Waals surface area contributed by atoms with E-state index in [-0.39, 0.29) is 5.41 Å². The third-order valence-corrected chi connectivity index (χ3v) is 8.35. The monoisotopic (exact) mass is 464 g/mol. The van der Waals surface area contributed by atoms with Crippen LogP contribution in [0.5, 0.6) is 0 Å². The molecule has 3 aromatic heterocycles. The molecule has 0 saturated heterocycles. The molecule has 1 aliphatic rings. The highest BCUT2D eigenvalue weighted by molar-refractivity contribution is 8.00. The van der Waals surface area contributed by atoms with Crippen molar-refractivity contribution in [2.75, 3.05) is 0 Å². The van der Waals surface area contributed by atoms with Gasteiger partial charge in [-0.05, 0) is 52.1 Å². The van der Waals surface area contributed by atoms with Crippen LogP contribution in [0.4, 0.5) is 0 Å². The Labute approximate surface area is 202 Å². The molecule has 0 bridgehead atoms. The van der Waals surface area contributed by atoms with Crippen molar-refractivity contribution in [3.63, 3.8) is 0 Å². The molecule has 1 aliphatic heterocycles. The summed E-state index contributed by atoms with van der Waals surface area (Å²) in [6.45, 7) is 9.27. The molecular formula is C30H26NO2S+. The highest BCUT2D eigenvalue weighted by Crippen LogP contribution is 2.55. The SMILES string of the molecule is Cc1c2c(c(CC(C)(C)C)c3ccccc13)Sc1c3oc4ccoc4c3cc3cc[n+](C)c-2c13. The lowest BCUT2D eigenvalue weighted by atomic mass is 9.83. The van der Waals surface area contributed by atoms with Crippen LogP contribution in [-0.2, 0) is 13.5 Å². The van der Waals surface area contributed by atoms with E-state index in [1.54, 1.807) is 6.26 Å². The number of pyridine rings is 1. The van der Waals surface area contributed by atoms with Gasteiger partial charge in [0, 0.05) is 17.0 Å². The molecule has 0 fully saturated rings. The summed E-state index contributed by atoms with van der Waals surface area (Å²) in [5.74, 6) is 0. The third-order valence-electron chi connectivity index (χ3n) is 7.10. The predicted octanol–water partition coefficient (Wildman–Crippen LogP) is 8.34. The Morgan fingerprint density at radius 2 is 1.74 bits per heavy atom. The number of aryl methyl sites for hydroxylation is 2. The lowest BCUT2D eigenvalue weighted by Crippen LogP contribution is -2.32. The summed E-state index contributed by atoms with van der Waals surface area (Å²) in [6.07, 6.45) is 4.90. The van der Waals surface area contributed by atoms with E-state index < -0.39 is 0 Å². The first kappa shape index (κ1) is 20.2. The molecule has 0 radical (unpaired) electrons. The summed E-state index contributed by atoms with van der Waals surface area (Å²) >= 11 is 1.88. The van der Waals surface area contributed by atoms with E-state index in [2.05, 4.69) is 81.9 Å². The number of aromatic nitrogens is 1. The summed E-state index contributed by atoms with van der Waals surface area (Å²) in [4.78, 5) is 2.56. The van der Waals surface area contributed by atoms with E-state index in [1.807, 2.05) is 17.8 Å². The Morgan fingerprint density at radius 1 is 0.941 bits per heavy atom. The molecule has 0 unspecified atom stereocenters. The normalized spacial score (nSPS) is 13.4. The van der Waals surface area contributed by atoms with Crippen LogP contribution in [0.15, 0.2) is 73.5 Å². The lowest BCUT2D eigenvalue weighted by molar-refractivity contribution is -0.659. The van der Waals surface area contributed by atoms with Crippen LogP contribution >= 0.6 is 11.8 Å². The maximum atomic E-state index is 6.40. The average molecular weight is 465 g/mol. The summed E-state index contributed by atoms with van der Waals surface area (Å²) in [7, 11) is 2.16. The van der Waals surface area contributed by atoms with Crippen LogP contribution in [0, 0.1) is 12.3 Å². The molecule has 4 heteroatoms. The summed E-state index contributed by atoms with van der Waals surface area (Å²) in [6, 6.07) is 15.3. The van der Waals surface area contributed by atoms with E-state index >= 15 is 0 Å². The van der Waals surface area contributed by atoms with Gasteiger partial charge in [0.05, 0.1) is 27.5 Å². The number of hydrogen-bond donors (Lipinski definition) is 0. The highest BCUT2D eigenvalue weighted by Gasteiger charge is 2.34. The number of benzene rings is 3. The fourth-order valence-electron chi connectivity index (χ4n) is 5.69. The molecule has 34 heavy (non-hydrogen) atoms. The molecule has 0 saturated carbocycles. The molecule has 168 valence electrons. The van der Waals surface area contributed by atoms with E-state index in [1.165, 1.54) is 53.7 Å². The molecule has 6 aromatic rings. The molecule has 4 heterocycles. The van der Waals surface area contributed by atoms with Crippen molar-refractivity contribution in [2.24, 2.45) is 12.5 Å². The highest BCUT2D eigenvalue weighted by atomic mass is 32.2. The van der Waals surface area contributed by atoms with Crippen molar-refractivity contribution >= 4 is 55.4 Å². The van der Waals surface area contributed by atoms with E-state index in [9.17, 15) is 0 Å². The van der Waals surface area contributed by atoms with E-state index in [4.69, 9.17) is 8.83 Å². The van der Waals surface area contributed by atoms with Gasteiger partial charge in [-0.3, -0.25) is 0 Å². The maximum absolute atomic E-state index is 6.40. The summed E-state index contributed by atoms with van der Waals surface area (Å²) < 4.78 is 14.5. The van der Waals surface area contributed by atoms with Gasteiger partial charge < -0.3 is 8.83 Å². The Balaban J connectivity index is 1.70. The minimum absolute atomic E-state index is 0.164. The lowest BCUT2D eigenvalue weighted by Gasteiger charge is -2.27. The van der Waals surface area contributed by atoms with E-state index in [0.29, 0.717) is 0 Å². The topological polar surface area (TPSA) is 30.2 Å². The molecule has 3 nitrogen and oxygen atoms in total. The molecule has 0 amide bonds. The van der Waals surface area contributed by atoms with Gasteiger partial charge in [-0.25, -0.2) is 4.57 Å². The fraction of sp³-hybridized carbons (Fsp3) is 0.233. The van der Waals surface area contributed by atoms with Gasteiger partial charge in [0.1, 0.15) is 7.05 Å². The predicted molar refractivity (Wildman–Crippen MR) is 140 cm³/mol. The first-order valence-electron chi connectivity index (χ1n) is 11.8. The minimum atomic E-state index is 0.164. The third kappa shape index (κ3) is 2.63. The standard InChI is InChI=1S/C30H26NO2S/c1-16-18-8-6-7-9-19(18)21(15-30(2,3)4)28-23(16)25-24-17(10-12-31(25)5)14-20-26-22(11-13-32-26)33-27(20)29(24)34-28/h6-14H,15H2,1-5H3/q+1. The second-order valence-corrected chi connectivity index (χ2v) is 11.8. The molecule has 0 spiro atoms. The van der Waals surface area contributed by atoms with Crippen molar-refractivity contribution < 1.29 is 13.4 Å². The van der Waals surface area contributed by atoms with Gasteiger partial charge in [0.2, 0.25) is 5.69 Å². The van der Waals surface area contributed by atoms with Crippen LogP contribution in [0.2, 0.25) is 0 Å².